The van der Waals surface area contributed by atoms with Crippen molar-refractivity contribution in [3.05, 3.63) is 34.9 Å². The molecule has 0 radical (unpaired) electrons. The maximum absolute atomic E-state index is 13.8. The molecule has 0 heterocycles. The number of rotatable bonds is 11. The highest BCUT2D eigenvalue weighted by Gasteiger charge is 2.38. The summed E-state index contributed by atoms with van der Waals surface area (Å²) in [7, 11) is 0. The number of benzene rings is 1. The Labute approximate surface area is 220 Å². The van der Waals surface area contributed by atoms with E-state index in [9.17, 15) is 19.2 Å². The minimum absolute atomic E-state index is 0.0106. The van der Waals surface area contributed by atoms with Gasteiger partial charge < -0.3 is 20.1 Å². The van der Waals surface area contributed by atoms with Gasteiger partial charge in [0.2, 0.25) is 5.91 Å². The lowest BCUT2D eigenvalue weighted by molar-refractivity contribution is -0.143. The lowest BCUT2D eigenvalue weighted by Gasteiger charge is -2.33. The van der Waals surface area contributed by atoms with Crippen LogP contribution >= 0.6 is 0 Å². The highest BCUT2D eigenvalue weighted by atomic mass is 16.6. The van der Waals surface area contributed by atoms with Gasteiger partial charge in [0.15, 0.2) is 0 Å². The first-order valence-electron chi connectivity index (χ1n) is 12.6. The second-order valence-corrected chi connectivity index (χ2v) is 9.90. The van der Waals surface area contributed by atoms with Gasteiger partial charge in [-0.25, -0.2) is 4.79 Å². The zero-order valence-electron chi connectivity index (χ0n) is 23.3. The van der Waals surface area contributed by atoms with Crippen LogP contribution in [0.5, 0.6) is 0 Å². The van der Waals surface area contributed by atoms with Crippen LogP contribution in [0.1, 0.15) is 77.1 Å². The van der Waals surface area contributed by atoms with Crippen LogP contribution in [-0.2, 0) is 23.9 Å². The summed E-state index contributed by atoms with van der Waals surface area (Å²) in [6, 6.07) is 5.65. The lowest BCUT2D eigenvalue weighted by atomic mass is 9.92. The molecule has 204 valence electrons. The Morgan fingerprint density at radius 2 is 1.70 bits per heavy atom. The number of hydrogen-bond acceptors (Lipinski definition) is 6. The SMILES string of the molecule is C#CN(C(=O)C(NC(=O)OC(C)(C)C)C(C)CC)C(C(=O)NCCC(=O)OCC)c1c(C)cccc1C. The van der Waals surface area contributed by atoms with Gasteiger partial charge in [-0.15, -0.1) is 0 Å². The van der Waals surface area contributed by atoms with Gasteiger partial charge in [-0.3, -0.25) is 19.3 Å². The molecule has 0 bridgehead atoms. The van der Waals surface area contributed by atoms with Crippen molar-refractivity contribution < 1.29 is 28.7 Å². The van der Waals surface area contributed by atoms with Crippen LogP contribution in [0.4, 0.5) is 4.79 Å². The summed E-state index contributed by atoms with van der Waals surface area (Å²) in [5, 5.41) is 5.35. The summed E-state index contributed by atoms with van der Waals surface area (Å²) in [5.74, 6) is -1.92. The van der Waals surface area contributed by atoms with E-state index in [4.69, 9.17) is 15.9 Å². The largest absolute Gasteiger partial charge is 0.466 e. The Hall–Kier alpha value is -3.54. The molecule has 3 atom stereocenters. The molecule has 0 aromatic heterocycles. The van der Waals surface area contributed by atoms with E-state index in [0.29, 0.717) is 12.0 Å². The number of alkyl carbamates (subject to hydrolysis) is 1. The van der Waals surface area contributed by atoms with Crippen LogP contribution in [-0.4, -0.2) is 53.6 Å². The van der Waals surface area contributed by atoms with Gasteiger partial charge in [-0.2, -0.15) is 0 Å². The van der Waals surface area contributed by atoms with Gasteiger partial charge in [0, 0.05) is 12.6 Å². The maximum atomic E-state index is 13.8. The van der Waals surface area contributed by atoms with Crippen molar-refractivity contribution >= 4 is 23.9 Å². The molecule has 2 N–H and O–H groups in total. The Kier molecular flexibility index (Phi) is 12.1. The Bertz CT molecular complexity index is 988. The third-order valence-electron chi connectivity index (χ3n) is 5.78. The molecule has 0 aliphatic carbocycles. The van der Waals surface area contributed by atoms with E-state index in [2.05, 4.69) is 16.7 Å². The second kappa shape index (κ2) is 14.3. The van der Waals surface area contributed by atoms with E-state index in [1.807, 2.05) is 45.9 Å². The molecule has 1 aromatic rings. The number of carbonyl (C=O) groups excluding carboxylic acids is 4. The smallest absolute Gasteiger partial charge is 0.408 e. The molecule has 0 saturated heterocycles. The van der Waals surface area contributed by atoms with Crippen LogP contribution in [0.3, 0.4) is 0 Å². The predicted molar refractivity (Wildman–Crippen MR) is 141 cm³/mol. The van der Waals surface area contributed by atoms with Crippen molar-refractivity contribution in [1.82, 2.24) is 15.5 Å². The predicted octanol–water partition coefficient (Wildman–Crippen LogP) is 3.77. The second-order valence-electron chi connectivity index (χ2n) is 9.90. The van der Waals surface area contributed by atoms with Crippen molar-refractivity contribution in [2.24, 2.45) is 5.92 Å². The van der Waals surface area contributed by atoms with Crippen LogP contribution in [0.15, 0.2) is 18.2 Å². The number of carbonyl (C=O) groups is 4. The molecule has 3 amide bonds. The average Bonchev–Trinajstić information content (AvgIpc) is 2.80. The van der Waals surface area contributed by atoms with E-state index in [1.165, 1.54) is 0 Å². The van der Waals surface area contributed by atoms with Crippen LogP contribution in [0, 0.1) is 32.2 Å². The molecule has 3 unspecified atom stereocenters. The fourth-order valence-electron chi connectivity index (χ4n) is 3.79. The molecule has 1 rings (SSSR count). The third-order valence-corrected chi connectivity index (χ3v) is 5.78. The van der Waals surface area contributed by atoms with E-state index in [-0.39, 0.29) is 25.5 Å². The number of esters is 1. The number of ether oxygens (including phenoxy) is 2. The van der Waals surface area contributed by atoms with Gasteiger partial charge in [-0.05, 0) is 64.2 Å². The minimum atomic E-state index is -1.19. The summed E-state index contributed by atoms with van der Waals surface area (Å²) < 4.78 is 10.3. The van der Waals surface area contributed by atoms with Crippen LogP contribution in [0.25, 0.3) is 0 Å². The molecule has 0 aliphatic heterocycles. The molecule has 0 spiro atoms. The van der Waals surface area contributed by atoms with E-state index < -0.39 is 41.6 Å². The molecular formula is C28H41N3O6. The number of hydrogen-bond donors (Lipinski definition) is 2. The number of nitrogens with one attached hydrogen (secondary N) is 2. The first-order chi connectivity index (χ1) is 17.3. The number of nitrogens with zero attached hydrogens (tertiary/aromatic N) is 1. The van der Waals surface area contributed by atoms with Crippen molar-refractivity contribution in [1.29, 1.82) is 0 Å². The van der Waals surface area contributed by atoms with Gasteiger partial charge in [0.25, 0.3) is 5.91 Å². The minimum Gasteiger partial charge on any atom is -0.466 e. The third kappa shape index (κ3) is 9.45. The first kappa shape index (κ1) is 31.5. The molecule has 0 saturated carbocycles. The van der Waals surface area contributed by atoms with Gasteiger partial charge in [-0.1, -0.05) is 44.9 Å². The van der Waals surface area contributed by atoms with Gasteiger partial charge in [0.05, 0.1) is 13.0 Å². The molecule has 9 heteroatoms. The quantitative estimate of drug-likeness (QED) is 0.263. The highest BCUT2D eigenvalue weighted by Crippen LogP contribution is 2.29. The topological polar surface area (TPSA) is 114 Å². The van der Waals surface area contributed by atoms with E-state index in [0.717, 1.165) is 16.0 Å². The molecule has 37 heavy (non-hydrogen) atoms. The Morgan fingerprint density at radius 3 is 2.19 bits per heavy atom. The summed E-state index contributed by atoms with van der Waals surface area (Å²) in [5.41, 5.74) is 1.33. The van der Waals surface area contributed by atoms with Crippen molar-refractivity contribution in [2.75, 3.05) is 13.2 Å². The van der Waals surface area contributed by atoms with E-state index >= 15 is 0 Å². The van der Waals surface area contributed by atoms with Crippen molar-refractivity contribution in [2.45, 2.75) is 85.9 Å². The zero-order valence-corrected chi connectivity index (χ0v) is 23.3. The fraction of sp³-hybridized carbons (Fsp3) is 0.571. The van der Waals surface area contributed by atoms with Crippen LogP contribution in [0.2, 0.25) is 0 Å². The molecule has 9 nitrogen and oxygen atoms in total. The molecule has 1 aromatic carbocycles. The zero-order chi connectivity index (χ0) is 28.3. The lowest BCUT2D eigenvalue weighted by Crippen LogP contribution is -2.54. The fourth-order valence-corrected chi connectivity index (χ4v) is 3.79. The van der Waals surface area contributed by atoms with E-state index in [1.54, 1.807) is 27.7 Å². The normalized spacial score (nSPS) is 13.4. The average molecular weight is 516 g/mol. The molecular weight excluding hydrogens is 474 g/mol. The van der Waals surface area contributed by atoms with Gasteiger partial charge >= 0.3 is 12.1 Å². The summed E-state index contributed by atoms with van der Waals surface area (Å²) in [6.07, 6.45) is 5.61. The Balaban J connectivity index is 3.42. The van der Waals surface area contributed by atoms with Crippen molar-refractivity contribution in [3.63, 3.8) is 0 Å². The summed E-state index contributed by atoms with van der Waals surface area (Å²) in [6.45, 7) is 14.4. The Morgan fingerprint density at radius 1 is 1.11 bits per heavy atom. The first-order valence-corrected chi connectivity index (χ1v) is 12.6. The highest BCUT2D eigenvalue weighted by molar-refractivity contribution is 5.94. The molecule has 0 fully saturated rings. The number of terminal acetylenes is 1. The summed E-state index contributed by atoms with van der Waals surface area (Å²) in [4.78, 5) is 52.7. The van der Waals surface area contributed by atoms with Crippen molar-refractivity contribution in [3.8, 4) is 12.5 Å². The number of aryl methyl sites for hydroxylation is 2. The standard InChI is InChI=1S/C28H41N3O6/c1-10-18(4)23(30-27(35)37-28(7,8)9)26(34)31(11-2)24(22-19(5)14-13-15-20(22)6)25(33)29-17-16-21(32)36-12-3/h2,13-15,18,23-24H,10,12,16-17H2,1,3-9H3,(H,29,33)(H,30,35). The summed E-state index contributed by atoms with van der Waals surface area (Å²) >= 11 is 0. The van der Waals surface area contributed by atoms with Gasteiger partial charge in [0.1, 0.15) is 17.7 Å². The number of amides is 3. The monoisotopic (exact) mass is 515 g/mol. The maximum Gasteiger partial charge on any atom is 0.408 e. The molecule has 0 aliphatic rings. The van der Waals surface area contributed by atoms with Crippen LogP contribution < -0.4 is 10.6 Å².